The summed E-state index contributed by atoms with van der Waals surface area (Å²) in [4.78, 5) is 4.04. The molecule has 2 aromatic heterocycles. The monoisotopic (exact) mass is 259 g/mol. The highest BCUT2D eigenvalue weighted by molar-refractivity contribution is 5.57. The zero-order valence-corrected chi connectivity index (χ0v) is 10.2. The first-order chi connectivity index (χ1) is 8.26. The zero-order chi connectivity index (χ0) is 13.5. The number of aromatic nitrogens is 5. The molecule has 2 rings (SSSR count). The first-order valence-electron chi connectivity index (χ1n) is 5.25. The van der Waals surface area contributed by atoms with Crippen molar-refractivity contribution in [2.24, 2.45) is 7.05 Å². The van der Waals surface area contributed by atoms with Crippen LogP contribution in [0.3, 0.4) is 0 Å². The van der Waals surface area contributed by atoms with Crippen LogP contribution in [0.1, 0.15) is 11.5 Å². The predicted molar refractivity (Wildman–Crippen MR) is 57.8 cm³/mol. The van der Waals surface area contributed by atoms with Crippen molar-refractivity contribution in [2.45, 2.75) is 26.6 Å². The Kier molecular flexibility index (Phi) is 2.88. The minimum Gasteiger partial charge on any atom is -0.275 e. The number of hydrogen-bond acceptors (Lipinski definition) is 3. The van der Waals surface area contributed by atoms with Gasteiger partial charge in [0, 0.05) is 13.2 Å². The zero-order valence-electron chi connectivity index (χ0n) is 10.2. The van der Waals surface area contributed by atoms with Gasteiger partial charge in [0.15, 0.2) is 5.82 Å². The van der Waals surface area contributed by atoms with Crippen molar-refractivity contribution >= 4 is 0 Å². The van der Waals surface area contributed by atoms with E-state index in [1.165, 1.54) is 4.68 Å². The Labute approximate surface area is 101 Å². The molecule has 0 unspecified atom stereocenters. The lowest BCUT2D eigenvalue weighted by atomic mass is 10.2. The molecule has 0 aliphatic heterocycles. The summed E-state index contributed by atoms with van der Waals surface area (Å²) in [7, 11) is 1.70. The lowest BCUT2D eigenvalue weighted by molar-refractivity contribution is -0.142. The maximum absolute atomic E-state index is 12.4. The molecule has 0 radical (unpaired) electrons. The van der Waals surface area contributed by atoms with Gasteiger partial charge in [0.2, 0.25) is 0 Å². The summed E-state index contributed by atoms with van der Waals surface area (Å²) in [5.74, 6) is 0.493. The fraction of sp³-hybridized carbons (Fsp3) is 0.500. The molecule has 18 heavy (non-hydrogen) atoms. The fourth-order valence-electron chi connectivity index (χ4n) is 1.75. The number of nitrogens with zero attached hydrogens (tertiary/aromatic N) is 5. The topological polar surface area (TPSA) is 48.5 Å². The molecule has 0 aliphatic rings. The molecule has 0 aromatic carbocycles. The third-order valence-electron chi connectivity index (χ3n) is 2.36. The Morgan fingerprint density at radius 3 is 2.39 bits per heavy atom. The van der Waals surface area contributed by atoms with Crippen molar-refractivity contribution in [2.75, 3.05) is 0 Å². The minimum absolute atomic E-state index is 0.190. The number of halogens is 3. The third-order valence-corrected chi connectivity index (χ3v) is 2.36. The average molecular weight is 259 g/mol. The van der Waals surface area contributed by atoms with Gasteiger partial charge in [-0.05, 0) is 13.8 Å². The van der Waals surface area contributed by atoms with Gasteiger partial charge in [-0.2, -0.15) is 23.4 Å². The molecule has 5 nitrogen and oxygen atoms in total. The molecular formula is C10H12F3N5. The minimum atomic E-state index is -4.33. The van der Waals surface area contributed by atoms with Gasteiger partial charge in [-0.1, -0.05) is 0 Å². The van der Waals surface area contributed by atoms with E-state index in [-0.39, 0.29) is 5.82 Å². The van der Waals surface area contributed by atoms with Crippen LogP contribution < -0.4 is 0 Å². The number of aryl methyl sites for hydroxylation is 3. The molecule has 0 bridgehead atoms. The first kappa shape index (κ1) is 12.6. The molecule has 0 fully saturated rings. The van der Waals surface area contributed by atoms with Gasteiger partial charge in [-0.3, -0.25) is 4.68 Å². The summed E-state index contributed by atoms with van der Waals surface area (Å²) < 4.78 is 39.7. The third kappa shape index (κ3) is 2.52. The van der Waals surface area contributed by atoms with Crippen LogP contribution in [0.25, 0.3) is 11.4 Å². The Morgan fingerprint density at radius 2 is 1.89 bits per heavy atom. The van der Waals surface area contributed by atoms with Gasteiger partial charge < -0.3 is 0 Å². The van der Waals surface area contributed by atoms with Crippen LogP contribution in [0.5, 0.6) is 0 Å². The van der Waals surface area contributed by atoms with Gasteiger partial charge in [0.1, 0.15) is 12.4 Å². The summed E-state index contributed by atoms with van der Waals surface area (Å²) in [6, 6.07) is 0. The molecule has 0 N–H and O–H groups in total. The molecule has 8 heteroatoms. The maximum Gasteiger partial charge on any atom is 0.408 e. The van der Waals surface area contributed by atoms with Crippen LogP contribution >= 0.6 is 0 Å². The van der Waals surface area contributed by atoms with Gasteiger partial charge in [-0.15, -0.1) is 0 Å². The van der Waals surface area contributed by atoms with Crippen LogP contribution in [-0.2, 0) is 13.6 Å². The quantitative estimate of drug-likeness (QED) is 0.827. The molecule has 0 amide bonds. The summed E-state index contributed by atoms with van der Waals surface area (Å²) in [5, 5.41) is 7.86. The van der Waals surface area contributed by atoms with Crippen molar-refractivity contribution in [3.8, 4) is 11.4 Å². The Balaban J connectivity index is 2.48. The van der Waals surface area contributed by atoms with E-state index in [0.29, 0.717) is 17.1 Å². The van der Waals surface area contributed by atoms with E-state index in [0.717, 1.165) is 4.68 Å². The smallest absolute Gasteiger partial charge is 0.275 e. The standard InChI is InChI=1S/C10H12F3N5/c1-6-8(4-17(3)15-6)9-14-7(2)16-18(9)5-10(11,12)13/h4H,5H2,1-3H3. The highest BCUT2D eigenvalue weighted by atomic mass is 19.4. The second kappa shape index (κ2) is 4.11. The van der Waals surface area contributed by atoms with Crippen molar-refractivity contribution < 1.29 is 13.2 Å². The summed E-state index contributed by atoms with van der Waals surface area (Å²) in [6.45, 7) is 2.12. The number of rotatable bonds is 2. The van der Waals surface area contributed by atoms with Crippen LogP contribution in [0.2, 0.25) is 0 Å². The fourth-order valence-corrected chi connectivity index (χ4v) is 1.75. The van der Waals surface area contributed by atoms with Crippen LogP contribution in [0, 0.1) is 13.8 Å². The maximum atomic E-state index is 12.4. The molecule has 0 saturated heterocycles. The lowest BCUT2D eigenvalue weighted by Gasteiger charge is -2.08. The molecule has 0 spiro atoms. The molecular weight excluding hydrogens is 247 g/mol. The predicted octanol–water partition coefficient (Wildman–Crippen LogP) is 1.86. The van der Waals surface area contributed by atoms with Crippen LogP contribution in [0.4, 0.5) is 13.2 Å². The van der Waals surface area contributed by atoms with Gasteiger partial charge in [0.05, 0.1) is 11.3 Å². The van der Waals surface area contributed by atoms with Crippen molar-refractivity contribution in [3.63, 3.8) is 0 Å². The lowest BCUT2D eigenvalue weighted by Crippen LogP contribution is -2.19. The van der Waals surface area contributed by atoms with E-state index >= 15 is 0 Å². The molecule has 2 heterocycles. The van der Waals surface area contributed by atoms with Crippen molar-refractivity contribution in [1.82, 2.24) is 24.5 Å². The Hall–Kier alpha value is -1.86. The highest BCUT2D eigenvalue weighted by Crippen LogP contribution is 2.24. The van der Waals surface area contributed by atoms with Crippen LogP contribution in [0.15, 0.2) is 6.20 Å². The average Bonchev–Trinajstić information content (AvgIpc) is 2.67. The molecule has 2 aromatic rings. The van der Waals surface area contributed by atoms with E-state index in [9.17, 15) is 13.2 Å². The van der Waals surface area contributed by atoms with Gasteiger partial charge >= 0.3 is 6.18 Å². The molecule has 0 saturated carbocycles. The molecule has 0 atom stereocenters. The van der Waals surface area contributed by atoms with Crippen molar-refractivity contribution in [1.29, 1.82) is 0 Å². The van der Waals surface area contributed by atoms with Crippen molar-refractivity contribution in [3.05, 3.63) is 17.7 Å². The van der Waals surface area contributed by atoms with E-state index < -0.39 is 12.7 Å². The van der Waals surface area contributed by atoms with Gasteiger partial charge in [-0.25, -0.2) is 9.67 Å². The van der Waals surface area contributed by atoms with E-state index in [1.807, 2.05) is 0 Å². The first-order valence-corrected chi connectivity index (χ1v) is 5.25. The van der Waals surface area contributed by atoms with Gasteiger partial charge in [0.25, 0.3) is 0 Å². The normalized spacial score (nSPS) is 12.1. The Morgan fingerprint density at radius 1 is 1.22 bits per heavy atom. The number of hydrogen-bond donors (Lipinski definition) is 0. The second-order valence-corrected chi connectivity index (χ2v) is 4.06. The summed E-state index contributed by atoms with van der Waals surface area (Å²) in [5.41, 5.74) is 1.18. The molecule has 98 valence electrons. The molecule has 0 aliphatic carbocycles. The summed E-state index contributed by atoms with van der Waals surface area (Å²) in [6.07, 6.45) is -2.70. The number of alkyl halides is 3. The second-order valence-electron chi connectivity index (χ2n) is 4.06. The van der Waals surface area contributed by atoms with E-state index in [1.54, 1.807) is 27.1 Å². The highest BCUT2D eigenvalue weighted by Gasteiger charge is 2.30. The Bertz CT molecular complexity index is 567. The van der Waals surface area contributed by atoms with E-state index in [2.05, 4.69) is 15.2 Å². The largest absolute Gasteiger partial charge is 0.408 e. The van der Waals surface area contributed by atoms with Crippen LogP contribution in [-0.4, -0.2) is 30.7 Å². The van der Waals surface area contributed by atoms with E-state index in [4.69, 9.17) is 0 Å². The SMILES string of the molecule is Cc1nc(-c2cn(C)nc2C)n(CC(F)(F)F)n1. The summed E-state index contributed by atoms with van der Waals surface area (Å²) >= 11 is 0.